The number of thiazole rings is 1. The van der Waals surface area contributed by atoms with Gasteiger partial charge in [0.05, 0.1) is 29.9 Å². The predicted octanol–water partition coefficient (Wildman–Crippen LogP) is 1.11. The van der Waals surface area contributed by atoms with E-state index in [1.54, 1.807) is 35.0 Å². The second-order valence-electron chi connectivity index (χ2n) is 5.04. The maximum absolute atomic E-state index is 12.4. The zero-order valence-electron chi connectivity index (χ0n) is 12.6. The monoisotopic (exact) mass is 332 g/mol. The molecule has 3 heterocycles. The fraction of sp³-hybridized carbons (Fsp3) is 0.333. The molecule has 0 unspecified atom stereocenters. The number of hydrogen-bond acceptors (Lipinski definition) is 6. The molecule has 1 fully saturated rings. The van der Waals surface area contributed by atoms with E-state index in [0.717, 1.165) is 0 Å². The number of pyridine rings is 1. The fourth-order valence-corrected chi connectivity index (χ4v) is 2.89. The van der Waals surface area contributed by atoms with Crippen molar-refractivity contribution in [1.82, 2.24) is 20.2 Å². The van der Waals surface area contributed by atoms with Crippen LogP contribution < -0.4 is 5.32 Å². The molecule has 3 rings (SSSR count). The Morgan fingerprint density at radius 3 is 2.91 bits per heavy atom. The molecule has 2 amide bonds. The fourth-order valence-electron chi connectivity index (χ4n) is 2.37. The molecular weight excluding hydrogens is 316 g/mol. The summed E-state index contributed by atoms with van der Waals surface area (Å²) in [6.07, 6.45) is 1.21. The molecule has 1 aliphatic heterocycles. The second-order valence-corrected chi connectivity index (χ2v) is 5.75. The average molecular weight is 332 g/mol. The maximum atomic E-state index is 12.4. The highest BCUT2D eigenvalue weighted by Crippen LogP contribution is 2.22. The van der Waals surface area contributed by atoms with Crippen molar-refractivity contribution in [2.45, 2.75) is 6.10 Å². The van der Waals surface area contributed by atoms with E-state index in [-0.39, 0.29) is 17.9 Å². The summed E-state index contributed by atoms with van der Waals surface area (Å²) in [5.74, 6) is -0.282. The summed E-state index contributed by atoms with van der Waals surface area (Å²) in [5, 5.41) is 4.29. The van der Waals surface area contributed by atoms with Crippen LogP contribution in [0.4, 0.5) is 0 Å². The Balaban J connectivity index is 1.71. The van der Waals surface area contributed by atoms with Gasteiger partial charge in [0.25, 0.3) is 11.8 Å². The first-order valence-electron chi connectivity index (χ1n) is 7.16. The molecule has 2 aromatic rings. The minimum absolute atomic E-state index is 0.0958. The molecule has 23 heavy (non-hydrogen) atoms. The lowest BCUT2D eigenvalue weighted by Gasteiger charge is -2.32. The average Bonchev–Trinajstić information content (AvgIpc) is 3.15. The first-order valence-corrected chi connectivity index (χ1v) is 8.10. The quantitative estimate of drug-likeness (QED) is 0.910. The molecule has 0 saturated carbocycles. The van der Waals surface area contributed by atoms with Crippen LogP contribution >= 0.6 is 11.3 Å². The third-order valence-corrected chi connectivity index (χ3v) is 4.20. The summed E-state index contributed by atoms with van der Waals surface area (Å²) in [6.45, 7) is 1.39. The van der Waals surface area contributed by atoms with Crippen molar-refractivity contribution in [3.8, 4) is 0 Å². The van der Waals surface area contributed by atoms with Gasteiger partial charge in [-0.25, -0.2) is 4.98 Å². The van der Waals surface area contributed by atoms with E-state index in [9.17, 15) is 9.59 Å². The number of nitrogens with one attached hydrogen (secondary N) is 1. The summed E-state index contributed by atoms with van der Waals surface area (Å²) < 4.78 is 5.71. The maximum Gasteiger partial charge on any atom is 0.273 e. The molecule has 0 spiro atoms. The summed E-state index contributed by atoms with van der Waals surface area (Å²) in [7, 11) is 1.57. The molecule has 0 bridgehead atoms. The van der Waals surface area contributed by atoms with Crippen LogP contribution in [0, 0.1) is 0 Å². The minimum atomic E-state index is -0.301. The Bertz CT molecular complexity index is 687. The van der Waals surface area contributed by atoms with Gasteiger partial charge in [-0.2, -0.15) is 0 Å². The number of amides is 2. The van der Waals surface area contributed by atoms with E-state index in [4.69, 9.17) is 4.74 Å². The Labute approximate surface area is 137 Å². The lowest BCUT2D eigenvalue weighted by Crippen LogP contribution is -2.42. The highest BCUT2D eigenvalue weighted by molar-refractivity contribution is 7.07. The van der Waals surface area contributed by atoms with Crippen LogP contribution in [0.3, 0.4) is 0 Å². The van der Waals surface area contributed by atoms with Crippen molar-refractivity contribution in [3.63, 3.8) is 0 Å². The number of aromatic nitrogens is 2. The third kappa shape index (κ3) is 3.38. The normalized spacial score (nSPS) is 17.8. The van der Waals surface area contributed by atoms with Gasteiger partial charge < -0.3 is 15.0 Å². The number of hydrogen-bond donors (Lipinski definition) is 1. The van der Waals surface area contributed by atoms with Crippen LogP contribution in [0.25, 0.3) is 0 Å². The van der Waals surface area contributed by atoms with Gasteiger partial charge in [0.15, 0.2) is 0 Å². The van der Waals surface area contributed by atoms with Crippen LogP contribution in [-0.4, -0.2) is 53.4 Å². The molecule has 1 atom stereocenters. The number of morpholine rings is 1. The first kappa shape index (κ1) is 15.6. The molecule has 1 aliphatic rings. The molecule has 0 radical (unpaired) electrons. The Morgan fingerprint density at radius 2 is 2.26 bits per heavy atom. The van der Waals surface area contributed by atoms with Gasteiger partial charge in [-0.3, -0.25) is 14.6 Å². The molecule has 8 heteroatoms. The van der Waals surface area contributed by atoms with E-state index < -0.39 is 0 Å². The zero-order valence-corrected chi connectivity index (χ0v) is 13.4. The number of ether oxygens (including phenoxy) is 1. The lowest BCUT2D eigenvalue weighted by atomic mass is 10.1. The highest BCUT2D eigenvalue weighted by Gasteiger charge is 2.27. The standard InChI is InChI=1S/C15H16N4O3S/c1-16-14(20)10-2-3-11(17-6-10)13-7-19(4-5-22-13)15(21)12-8-23-9-18-12/h2-3,6,8-9,13H,4-5,7H2,1H3,(H,16,20)/t13-/m0/s1. The van der Waals surface area contributed by atoms with Crippen LogP contribution in [0.5, 0.6) is 0 Å². The zero-order chi connectivity index (χ0) is 16.2. The first-order chi connectivity index (χ1) is 11.2. The largest absolute Gasteiger partial charge is 0.368 e. The number of nitrogens with zero attached hydrogens (tertiary/aromatic N) is 3. The summed E-state index contributed by atoms with van der Waals surface area (Å²) in [5.41, 5.74) is 3.29. The molecule has 2 aromatic heterocycles. The number of carbonyl (C=O) groups excluding carboxylic acids is 2. The highest BCUT2D eigenvalue weighted by atomic mass is 32.1. The predicted molar refractivity (Wildman–Crippen MR) is 84.3 cm³/mol. The van der Waals surface area contributed by atoms with Gasteiger partial charge in [-0.1, -0.05) is 0 Å². The molecule has 7 nitrogen and oxygen atoms in total. The van der Waals surface area contributed by atoms with E-state index in [1.165, 1.54) is 17.5 Å². The Morgan fingerprint density at radius 1 is 1.39 bits per heavy atom. The van der Waals surface area contributed by atoms with Crippen molar-refractivity contribution in [2.24, 2.45) is 0 Å². The SMILES string of the molecule is CNC(=O)c1ccc([C@@H]2CN(C(=O)c3cscn3)CCO2)nc1. The molecule has 1 saturated heterocycles. The number of rotatable bonds is 3. The molecule has 120 valence electrons. The Hall–Kier alpha value is -2.32. The van der Waals surface area contributed by atoms with Crippen LogP contribution in [0.2, 0.25) is 0 Å². The molecule has 0 aromatic carbocycles. The summed E-state index contributed by atoms with van der Waals surface area (Å²) in [4.78, 5) is 34.0. The van der Waals surface area contributed by atoms with Crippen LogP contribution in [-0.2, 0) is 4.74 Å². The second kappa shape index (κ2) is 6.84. The molecule has 1 N–H and O–H groups in total. The lowest BCUT2D eigenvalue weighted by molar-refractivity contribution is -0.0249. The minimum Gasteiger partial charge on any atom is -0.368 e. The van der Waals surface area contributed by atoms with Gasteiger partial charge >= 0.3 is 0 Å². The van der Waals surface area contributed by atoms with E-state index in [2.05, 4.69) is 15.3 Å². The van der Waals surface area contributed by atoms with E-state index in [0.29, 0.717) is 36.6 Å². The van der Waals surface area contributed by atoms with Crippen molar-refractivity contribution in [1.29, 1.82) is 0 Å². The Kier molecular flexibility index (Phi) is 4.63. The van der Waals surface area contributed by atoms with Crippen molar-refractivity contribution >= 4 is 23.2 Å². The summed E-state index contributed by atoms with van der Waals surface area (Å²) >= 11 is 1.40. The van der Waals surface area contributed by atoms with Crippen molar-refractivity contribution in [2.75, 3.05) is 26.7 Å². The third-order valence-electron chi connectivity index (χ3n) is 3.61. The van der Waals surface area contributed by atoms with Gasteiger partial charge in [0, 0.05) is 25.2 Å². The van der Waals surface area contributed by atoms with Gasteiger partial charge in [0.2, 0.25) is 0 Å². The van der Waals surface area contributed by atoms with Gasteiger partial charge in [0.1, 0.15) is 11.8 Å². The molecular formula is C15H16N4O3S. The van der Waals surface area contributed by atoms with Crippen molar-refractivity contribution in [3.05, 3.63) is 46.2 Å². The van der Waals surface area contributed by atoms with Gasteiger partial charge in [-0.05, 0) is 12.1 Å². The molecule has 0 aliphatic carbocycles. The van der Waals surface area contributed by atoms with Gasteiger partial charge in [-0.15, -0.1) is 11.3 Å². The number of carbonyl (C=O) groups is 2. The van der Waals surface area contributed by atoms with E-state index in [1.807, 2.05) is 0 Å². The van der Waals surface area contributed by atoms with Crippen molar-refractivity contribution < 1.29 is 14.3 Å². The van der Waals surface area contributed by atoms with Crippen LogP contribution in [0.1, 0.15) is 32.6 Å². The summed E-state index contributed by atoms with van der Waals surface area (Å²) in [6, 6.07) is 3.46. The van der Waals surface area contributed by atoms with E-state index >= 15 is 0 Å². The topological polar surface area (TPSA) is 84.4 Å². The smallest absolute Gasteiger partial charge is 0.273 e. The van der Waals surface area contributed by atoms with Crippen LogP contribution in [0.15, 0.2) is 29.2 Å².